The molecule has 4 nitrogen and oxygen atoms in total. The summed E-state index contributed by atoms with van der Waals surface area (Å²) in [6.07, 6.45) is 1.26. The molecule has 0 saturated heterocycles. The van der Waals surface area contributed by atoms with Gasteiger partial charge in [0.2, 0.25) is 0 Å². The summed E-state index contributed by atoms with van der Waals surface area (Å²) in [7, 11) is 0. The molecule has 1 amide bonds. The number of carbonyl (C=O) groups is 1. The van der Waals surface area contributed by atoms with E-state index < -0.39 is 11.9 Å². The van der Waals surface area contributed by atoms with E-state index in [9.17, 15) is 9.18 Å². The number of benzene rings is 2. The van der Waals surface area contributed by atoms with Crippen molar-refractivity contribution < 1.29 is 18.3 Å². The quantitative estimate of drug-likeness (QED) is 0.672. The van der Waals surface area contributed by atoms with Crippen LogP contribution in [0.1, 0.15) is 11.3 Å². The summed E-state index contributed by atoms with van der Waals surface area (Å²) in [6.45, 7) is 0.187. The minimum atomic E-state index is -0.693. The van der Waals surface area contributed by atoms with Gasteiger partial charge < -0.3 is 14.1 Å². The normalized spacial score (nSPS) is 15.4. The third-order valence-electron chi connectivity index (χ3n) is 4.25. The van der Waals surface area contributed by atoms with Crippen LogP contribution >= 0.6 is 11.6 Å². The molecule has 0 bridgehead atoms. The van der Waals surface area contributed by atoms with Gasteiger partial charge in [-0.3, -0.25) is 4.79 Å². The summed E-state index contributed by atoms with van der Waals surface area (Å²) < 4.78 is 24.9. The predicted octanol–water partition coefficient (Wildman–Crippen LogP) is 4.61. The fourth-order valence-electron chi connectivity index (χ4n) is 3.03. The van der Waals surface area contributed by atoms with Crippen molar-refractivity contribution in [1.29, 1.82) is 0 Å². The van der Waals surface area contributed by atoms with Crippen LogP contribution in [0.2, 0.25) is 5.02 Å². The number of carbonyl (C=O) groups excluding carboxylic acids is 1. The molecule has 1 atom stereocenters. The highest BCUT2D eigenvalue weighted by Gasteiger charge is 2.33. The van der Waals surface area contributed by atoms with E-state index >= 15 is 0 Å². The number of hydrogen-bond donors (Lipinski definition) is 0. The summed E-state index contributed by atoms with van der Waals surface area (Å²) in [5.74, 6) is 0.563. The summed E-state index contributed by atoms with van der Waals surface area (Å²) in [4.78, 5) is 14.6. The van der Waals surface area contributed by atoms with Gasteiger partial charge in [0.05, 0.1) is 12.8 Å². The molecule has 0 fully saturated rings. The summed E-state index contributed by atoms with van der Waals surface area (Å²) in [6, 6.07) is 14.7. The van der Waals surface area contributed by atoms with Crippen molar-refractivity contribution in [3.63, 3.8) is 0 Å². The molecule has 3 aromatic rings. The number of fused-ring (bicyclic) bond motifs is 1. The number of halogens is 2. The van der Waals surface area contributed by atoms with Gasteiger partial charge in [-0.15, -0.1) is 0 Å². The van der Waals surface area contributed by atoms with Gasteiger partial charge in [-0.25, -0.2) is 4.39 Å². The van der Waals surface area contributed by atoms with Gasteiger partial charge in [0.25, 0.3) is 5.91 Å². The minimum Gasteiger partial charge on any atom is -0.480 e. The first kappa shape index (κ1) is 16.7. The molecule has 4 rings (SSSR count). The van der Waals surface area contributed by atoms with Crippen LogP contribution in [0.5, 0.6) is 5.75 Å². The van der Waals surface area contributed by atoms with Gasteiger partial charge in [-0.05, 0) is 54.1 Å². The van der Waals surface area contributed by atoms with Crippen molar-refractivity contribution in [3.8, 4) is 5.75 Å². The highest BCUT2D eigenvalue weighted by molar-refractivity contribution is 6.30. The summed E-state index contributed by atoms with van der Waals surface area (Å²) in [5.41, 5.74) is 1.33. The van der Waals surface area contributed by atoms with Crippen LogP contribution in [-0.4, -0.2) is 12.0 Å². The third kappa shape index (κ3) is 3.30. The van der Waals surface area contributed by atoms with Crippen molar-refractivity contribution >= 4 is 23.2 Å². The van der Waals surface area contributed by atoms with E-state index in [1.54, 1.807) is 42.5 Å². The third-order valence-corrected chi connectivity index (χ3v) is 4.49. The zero-order chi connectivity index (χ0) is 18.1. The highest BCUT2D eigenvalue weighted by Crippen LogP contribution is 2.32. The second-order valence-corrected chi connectivity index (χ2v) is 6.48. The first-order valence-electron chi connectivity index (χ1n) is 8.14. The molecule has 132 valence electrons. The Morgan fingerprint density at radius 3 is 2.85 bits per heavy atom. The van der Waals surface area contributed by atoms with Crippen LogP contribution in [0.25, 0.3) is 0 Å². The second kappa shape index (κ2) is 6.84. The molecule has 0 N–H and O–H groups in total. The number of furan rings is 1. The Hall–Kier alpha value is -2.79. The Morgan fingerprint density at radius 2 is 2.08 bits per heavy atom. The first-order chi connectivity index (χ1) is 12.6. The van der Waals surface area contributed by atoms with Crippen LogP contribution < -0.4 is 9.64 Å². The predicted molar refractivity (Wildman–Crippen MR) is 95.9 cm³/mol. The van der Waals surface area contributed by atoms with E-state index in [2.05, 4.69) is 0 Å². The molecule has 0 saturated carbocycles. The molecular formula is C20H15ClFNO3. The lowest BCUT2D eigenvalue weighted by atomic mass is 10.1. The largest absolute Gasteiger partial charge is 0.480 e. The van der Waals surface area contributed by atoms with Gasteiger partial charge >= 0.3 is 0 Å². The fourth-order valence-corrected chi connectivity index (χ4v) is 3.22. The number of ether oxygens (including phenoxy) is 1. The maximum absolute atomic E-state index is 13.7. The standard InChI is InChI=1S/C20H15ClFNO3/c21-14-6-7-18-13(9-14)10-19(26-18)20(24)23(12-17-5-2-8-25-17)16-4-1-3-15(22)11-16/h1-9,11,19H,10,12H2. The molecule has 0 radical (unpaired) electrons. The summed E-state index contributed by atoms with van der Waals surface area (Å²) >= 11 is 6.02. The van der Waals surface area contributed by atoms with Gasteiger partial charge in [-0.2, -0.15) is 0 Å². The number of nitrogens with zero attached hydrogens (tertiary/aromatic N) is 1. The van der Waals surface area contributed by atoms with E-state index in [4.69, 9.17) is 20.8 Å². The first-order valence-corrected chi connectivity index (χ1v) is 8.52. The van der Waals surface area contributed by atoms with E-state index in [0.29, 0.717) is 28.6 Å². The summed E-state index contributed by atoms with van der Waals surface area (Å²) in [5, 5.41) is 0.595. The van der Waals surface area contributed by atoms with Crippen molar-refractivity contribution in [2.45, 2.75) is 19.1 Å². The molecule has 6 heteroatoms. The van der Waals surface area contributed by atoms with Crippen molar-refractivity contribution in [2.24, 2.45) is 0 Å². The molecule has 1 aliphatic rings. The lowest BCUT2D eigenvalue weighted by Crippen LogP contribution is -2.41. The highest BCUT2D eigenvalue weighted by atomic mass is 35.5. The molecule has 1 unspecified atom stereocenters. The van der Waals surface area contributed by atoms with Crippen LogP contribution in [0, 0.1) is 5.82 Å². The lowest BCUT2D eigenvalue weighted by molar-refractivity contribution is -0.124. The van der Waals surface area contributed by atoms with E-state index in [0.717, 1.165) is 5.56 Å². The van der Waals surface area contributed by atoms with Crippen LogP contribution in [-0.2, 0) is 17.8 Å². The number of rotatable bonds is 4. The Labute approximate surface area is 154 Å². The van der Waals surface area contributed by atoms with E-state index in [1.807, 2.05) is 0 Å². The van der Waals surface area contributed by atoms with Crippen molar-refractivity contribution in [1.82, 2.24) is 0 Å². The Bertz CT molecular complexity index is 942. The number of hydrogen-bond acceptors (Lipinski definition) is 3. The zero-order valence-electron chi connectivity index (χ0n) is 13.7. The molecule has 1 aliphatic heterocycles. The van der Waals surface area contributed by atoms with Crippen molar-refractivity contribution in [2.75, 3.05) is 4.90 Å². The molecule has 0 aliphatic carbocycles. The molecule has 2 heterocycles. The number of anilines is 1. The van der Waals surface area contributed by atoms with Crippen LogP contribution in [0.15, 0.2) is 65.3 Å². The van der Waals surface area contributed by atoms with Crippen LogP contribution in [0.3, 0.4) is 0 Å². The maximum Gasteiger partial charge on any atom is 0.268 e. The van der Waals surface area contributed by atoms with Gasteiger partial charge in [0.1, 0.15) is 17.3 Å². The topological polar surface area (TPSA) is 42.7 Å². The molecule has 2 aromatic carbocycles. The molecule has 0 spiro atoms. The van der Waals surface area contributed by atoms with E-state index in [-0.39, 0.29) is 12.5 Å². The Morgan fingerprint density at radius 1 is 1.19 bits per heavy atom. The SMILES string of the molecule is O=C(C1Cc2cc(Cl)ccc2O1)N(Cc1ccco1)c1cccc(F)c1. The number of amides is 1. The van der Waals surface area contributed by atoms with Gasteiger partial charge in [0, 0.05) is 17.1 Å². The smallest absolute Gasteiger partial charge is 0.268 e. The fraction of sp³-hybridized carbons (Fsp3) is 0.150. The molecule has 1 aromatic heterocycles. The second-order valence-electron chi connectivity index (χ2n) is 6.05. The zero-order valence-corrected chi connectivity index (χ0v) is 14.4. The lowest BCUT2D eigenvalue weighted by Gasteiger charge is -2.24. The Balaban J connectivity index is 1.62. The average Bonchev–Trinajstić information content (AvgIpc) is 3.28. The molecular weight excluding hydrogens is 357 g/mol. The van der Waals surface area contributed by atoms with Crippen molar-refractivity contribution in [3.05, 3.63) is 83.0 Å². The van der Waals surface area contributed by atoms with Crippen LogP contribution in [0.4, 0.5) is 10.1 Å². The van der Waals surface area contributed by atoms with E-state index in [1.165, 1.54) is 23.3 Å². The van der Waals surface area contributed by atoms with Gasteiger partial charge in [0.15, 0.2) is 6.10 Å². The average molecular weight is 372 g/mol. The monoisotopic (exact) mass is 371 g/mol. The minimum absolute atomic E-state index is 0.187. The Kier molecular flexibility index (Phi) is 4.39. The maximum atomic E-state index is 13.7. The molecule has 26 heavy (non-hydrogen) atoms. The van der Waals surface area contributed by atoms with Gasteiger partial charge in [-0.1, -0.05) is 17.7 Å².